The third kappa shape index (κ3) is 3.22. The van der Waals surface area contributed by atoms with Crippen LogP contribution in [0.5, 0.6) is 0 Å². The van der Waals surface area contributed by atoms with E-state index in [1.54, 1.807) is 13.0 Å². The first-order chi connectivity index (χ1) is 8.79. The van der Waals surface area contributed by atoms with E-state index in [2.05, 4.69) is 11.8 Å². The van der Waals surface area contributed by atoms with Crippen molar-refractivity contribution < 1.29 is 9.53 Å². The quantitative estimate of drug-likeness (QED) is 0.608. The second-order valence-electron chi connectivity index (χ2n) is 3.50. The largest absolute Gasteiger partial charge is 0.462 e. The van der Waals surface area contributed by atoms with Crippen LogP contribution in [0.2, 0.25) is 0 Å². The summed E-state index contributed by atoms with van der Waals surface area (Å²) >= 11 is 1.35. The van der Waals surface area contributed by atoms with E-state index in [9.17, 15) is 4.79 Å². The molecule has 0 bridgehead atoms. The number of carbonyl (C=O) groups is 1. The van der Waals surface area contributed by atoms with Gasteiger partial charge in [0.15, 0.2) is 0 Å². The van der Waals surface area contributed by atoms with Crippen molar-refractivity contribution in [2.24, 2.45) is 0 Å². The summed E-state index contributed by atoms with van der Waals surface area (Å²) < 4.78 is 4.93. The molecule has 2 rings (SSSR count). The van der Waals surface area contributed by atoms with Gasteiger partial charge in [0.1, 0.15) is 4.88 Å². The molecule has 0 aliphatic heterocycles. The highest BCUT2D eigenvalue weighted by Gasteiger charge is 2.08. The zero-order valence-corrected chi connectivity index (χ0v) is 10.8. The van der Waals surface area contributed by atoms with Gasteiger partial charge in [-0.25, -0.2) is 4.79 Å². The van der Waals surface area contributed by atoms with Crippen LogP contribution in [-0.2, 0) is 4.74 Å². The Hall–Kier alpha value is -2.05. The van der Waals surface area contributed by atoms with Crippen molar-refractivity contribution in [1.82, 2.24) is 0 Å². The summed E-state index contributed by atoms with van der Waals surface area (Å²) in [6.07, 6.45) is 0. The summed E-state index contributed by atoms with van der Waals surface area (Å²) in [6, 6.07) is 13.3. The van der Waals surface area contributed by atoms with Crippen molar-refractivity contribution in [2.45, 2.75) is 6.92 Å². The maximum Gasteiger partial charge on any atom is 0.348 e. The van der Waals surface area contributed by atoms with Crippen LogP contribution in [0.15, 0.2) is 42.5 Å². The van der Waals surface area contributed by atoms with Gasteiger partial charge in [0.05, 0.1) is 11.5 Å². The lowest BCUT2D eigenvalue weighted by atomic mass is 10.2. The monoisotopic (exact) mass is 256 g/mol. The van der Waals surface area contributed by atoms with Gasteiger partial charge in [-0.05, 0) is 31.2 Å². The van der Waals surface area contributed by atoms with Crippen molar-refractivity contribution in [2.75, 3.05) is 6.61 Å². The normalized spacial score (nSPS) is 9.39. The van der Waals surface area contributed by atoms with E-state index in [0.717, 1.165) is 10.4 Å². The molecule has 3 heteroatoms. The van der Waals surface area contributed by atoms with Crippen molar-refractivity contribution in [3.05, 3.63) is 57.8 Å². The highest BCUT2D eigenvalue weighted by atomic mass is 32.1. The number of rotatable bonds is 2. The first kappa shape index (κ1) is 12.4. The molecule has 90 valence electrons. The number of ether oxygens (including phenoxy) is 1. The summed E-state index contributed by atoms with van der Waals surface area (Å²) in [4.78, 5) is 12.9. The number of carbonyl (C=O) groups excluding carboxylic acids is 1. The molecule has 0 aliphatic rings. The van der Waals surface area contributed by atoms with Crippen LogP contribution < -0.4 is 0 Å². The van der Waals surface area contributed by atoms with Crippen LogP contribution in [0.3, 0.4) is 0 Å². The van der Waals surface area contributed by atoms with Crippen molar-refractivity contribution in [1.29, 1.82) is 0 Å². The molecule has 1 aromatic carbocycles. The molecule has 0 radical (unpaired) electrons. The van der Waals surface area contributed by atoms with E-state index in [4.69, 9.17) is 4.74 Å². The first-order valence-electron chi connectivity index (χ1n) is 5.63. The van der Waals surface area contributed by atoms with E-state index >= 15 is 0 Å². The average Bonchev–Trinajstić information content (AvgIpc) is 2.87. The molecule has 0 N–H and O–H groups in total. The van der Waals surface area contributed by atoms with Gasteiger partial charge < -0.3 is 4.74 Å². The smallest absolute Gasteiger partial charge is 0.348 e. The standard InChI is InChI=1S/C15H12O2S/c1-2-17-15(16)14-11-10-13(18-14)9-8-12-6-4-3-5-7-12/h3-7,10-11H,2H2,1H3. The van der Waals surface area contributed by atoms with E-state index in [-0.39, 0.29) is 5.97 Å². The Kier molecular flexibility index (Phi) is 4.16. The predicted octanol–water partition coefficient (Wildman–Crippen LogP) is 3.32. The lowest BCUT2D eigenvalue weighted by Gasteiger charge is -1.95. The number of hydrogen-bond donors (Lipinski definition) is 0. The molecule has 0 saturated carbocycles. The predicted molar refractivity (Wildman–Crippen MR) is 72.7 cm³/mol. The highest BCUT2D eigenvalue weighted by Crippen LogP contribution is 2.16. The second-order valence-corrected chi connectivity index (χ2v) is 4.58. The van der Waals surface area contributed by atoms with Crippen molar-refractivity contribution in [3.63, 3.8) is 0 Å². The van der Waals surface area contributed by atoms with Crippen molar-refractivity contribution in [3.8, 4) is 11.8 Å². The van der Waals surface area contributed by atoms with Gasteiger partial charge in [-0.1, -0.05) is 30.0 Å². The Bertz CT molecular complexity index is 588. The summed E-state index contributed by atoms with van der Waals surface area (Å²) in [5.41, 5.74) is 0.962. The maximum atomic E-state index is 11.5. The molecule has 0 amide bonds. The fourth-order valence-electron chi connectivity index (χ4n) is 1.37. The third-order valence-electron chi connectivity index (χ3n) is 2.19. The molecule has 0 aliphatic carbocycles. The van der Waals surface area contributed by atoms with Gasteiger partial charge >= 0.3 is 5.97 Å². The van der Waals surface area contributed by atoms with Gasteiger partial charge in [0.25, 0.3) is 0 Å². The minimum absolute atomic E-state index is 0.282. The molecule has 0 unspecified atom stereocenters. The Balaban J connectivity index is 2.12. The Morgan fingerprint density at radius 2 is 1.94 bits per heavy atom. The maximum absolute atomic E-state index is 11.5. The molecule has 18 heavy (non-hydrogen) atoms. The van der Waals surface area contributed by atoms with E-state index in [1.165, 1.54) is 11.3 Å². The number of hydrogen-bond acceptors (Lipinski definition) is 3. The minimum Gasteiger partial charge on any atom is -0.462 e. The SMILES string of the molecule is CCOC(=O)c1ccc(C#Cc2ccccc2)s1. The van der Waals surface area contributed by atoms with Crippen LogP contribution in [0.1, 0.15) is 27.0 Å². The molecule has 2 aromatic rings. The molecule has 1 aromatic heterocycles. The summed E-state index contributed by atoms with van der Waals surface area (Å²) in [5.74, 6) is 5.81. The number of thiophene rings is 1. The lowest BCUT2D eigenvalue weighted by Crippen LogP contribution is -2.01. The summed E-state index contributed by atoms with van der Waals surface area (Å²) in [7, 11) is 0. The average molecular weight is 256 g/mol. The summed E-state index contributed by atoms with van der Waals surface area (Å²) in [6.45, 7) is 2.18. The lowest BCUT2D eigenvalue weighted by molar-refractivity contribution is 0.0532. The summed E-state index contributed by atoms with van der Waals surface area (Å²) in [5, 5.41) is 0. The van der Waals surface area contributed by atoms with Crippen LogP contribution in [-0.4, -0.2) is 12.6 Å². The Morgan fingerprint density at radius 1 is 1.17 bits per heavy atom. The fraction of sp³-hybridized carbons (Fsp3) is 0.133. The van der Waals surface area contributed by atoms with Crippen molar-refractivity contribution >= 4 is 17.3 Å². The van der Waals surface area contributed by atoms with Gasteiger partial charge in [0, 0.05) is 5.56 Å². The van der Waals surface area contributed by atoms with E-state index in [1.807, 2.05) is 36.4 Å². The van der Waals surface area contributed by atoms with Gasteiger partial charge in [0.2, 0.25) is 0 Å². The van der Waals surface area contributed by atoms with Crippen LogP contribution in [0, 0.1) is 11.8 Å². The molecule has 0 fully saturated rings. The molecular weight excluding hydrogens is 244 g/mol. The topological polar surface area (TPSA) is 26.3 Å². The molecular formula is C15H12O2S. The van der Waals surface area contributed by atoms with Crippen LogP contribution in [0.25, 0.3) is 0 Å². The Morgan fingerprint density at radius 3 is 2.67 bits per heavy atom. The fourth-order valence-corrected chi connectivity index (χ4v) is 2.13. The van der Waals surface area contributed by atoms with Gasteiger partial charge in [-0.15, -0.1) is 11.3 Å². The number of esters is 1. The Labute approximate surface area is 110 Å². The highest BCUT2D eigenvalue weighted by molar-refractivity contribution is 7.14. The van der Waals surface area contributed by atoms with E-state index < -0.39 is 0 Å². The molecule has 0 atom stereocenters. The third-order valence-corrected chi connectivity index (χ3v) is 3.17. The molecule has 2 nitrogen and oxygen atoms in total. The van der Waals surface area contributed by atoms with E-state index in [0.29, 0.717) is 11.5 Å². The molecule has 1 heterocycles. The molecule has 0 saturated heterocycles. The van der Waals surface area contributed by atoms with Crippen LogP contribution in [0.4, 0.5) is 0 Å². The second kappa shape index (κ2) is 6.04. The minimum atomic E-state index is -0.282. The zero-order chi connectivity index (χ0) is 12.8. The van der Waals surface area contributed by atoms with Gasteiger partial charge in [-0.3, -0.25) is 0 Å². The number of benzene rings is 1. The van der Waals surface area contributed by atoms with Gasteiger partial charge in [-0.2, -0.15) is 0 Å². The zero-order valence-electron chi connectivity index (χ0n) is 9.97. The first-order valence-corrected chi connectivity index (χ1v) is 6.45. The van der Waals surface area contributed by atoms with Crippen LogP contribution >= 0.6 is 11.3 Å². The molecule has 0 spiro atoms.